The smallest absolute Gasteiger partial charge is 0.237 e. The van der Waals surface area contributed by atoms with Crippen molar-refractivity contribution in [3.05, 3.63) is 18.7 Å². The van der Waals surface area contributed by atoms with Crippen LogP contribution in [-0.4, -0.2) is 4.57 Å². The van der Waals surface area contributed by atoms with Gasteiger partial charge in [-0.3, -0.25) is 0 Å². The molecule has 0 bridgehead atoms. The summed E-state index contributed by atoms with van der Waals surface area (Å²) in [7, 11) is 0. The molecule has 0 saturated carbocycles. The Kier molecular flexibility index (Phi) is 2.40. The lowest BCUT2D eigenvalue weighted by atomic mass is 10.5. The Morgan fingerprint density at radius 3 is 2.50 bits per heavy atom. The van der Waals surface area contributed by atoms with Gasteiger partial charge in [-0.2, -0.15) is 0 Å². The second-order valence-electron chi connectivity index (χ2n) is 2.53. The van der Waals surface area contributed by atoms with Gasteiger partial charge in [-0.15, -0.1) is 17.7 Å². The van der Waals surface area contributed by atoms with E-state index in [4.69, 9.17) is 0 Å². The van der Waals surface area contributed by atoms with Gasteiger partial charge in [0.25, 0.3) is 6.33 Å². The summed E-state index contributed by atoms with van der Waals surface area (Å²) in [5.41, 5.74) is 0. The van der Waals surface area contributed by atoms with Gasteiger partial charge in [-0.05, 0) is 6.42 Å². The highest BCUT2D eigenvalue weighted by molar-refractivity contribution is 4.68. The summed E-state index contributed by atoms with van der Waals surface area (Å²) in [5, 5.41) is 0. The molecule has 68 valence electrons. The Balaban J connectivity index is 2.77. The fraction of sp³-hybridized carbons (Fsp3) is 0.571. The van der Waals surface area contributed by atoms with E-state index in [0.717, 1.165) is 18.9 Å². The molecule has 1 rings (SSSR count). The third kappa shape index (κ3) is 1.99. The lowest BCUT2D eigenvalue weighted by molar-refractivity contribution is -0.697. The molecule has 0 saturated heterocycles. The Labute approximate surface area is 68.2 Å². The third-order valence-electron chi connectivity index (χ3n) is 1.47. The standard InChI is InChI=1S/C7H10F3N2/c1-2-3-11-4-5-12(6-11)7(8,9)10/h4-6H,2-3H2,1H3/q+1. The molecular weight excluding hydrogens is 169 g/mol. The van der Waals surface area contributed by atoms with Crippen molar-refractivity contribution >= 4 is 0 Å². The van der Waals surface area contributed by atoms with Crippen molar-refractivity contribution in [2.45, 2.75) is 26.2 Å². The van der Waals surface area contributed by atoms with Crippen LogP contribution in [-0.2, 0) is 12.8 Å². The van der Waals surface area contributed by atoms with Crippen molar-refractivity contribution in [1.29, 1.82) is 0 Å². The molecule has 0 aliphatic rings. The first-order valence-corrected chi connectivity index (χ1v) is 3.68. The first kappa shape index (κ1) is 9.09. The predicted molar refractivity (Wildman–Crippen MR) is 36.2 cm³/mol. The Morgan fingerprint density at radius 1 is 1.42 bits per heavy atom. The maximum atomic E-state index is 12.0. The summed E-state index contributed by atoms with van der Waals surface area (Å²) in [6, 6.07) is 0. The van der Waals surface area contributed by atoms with Crippen LogP contribution >= 0.6 is 0 Å². The monoisotopic (exact) mass is 179 g/mol. The predicted octanol–water partition coefficient (Wildman–Crippen LogP) is 1.66. The van der Waals surface area contributed by atoms with Gasteiger partial charge in [-0.25, -0.2) is 4.57 Å². The van der Waals surface area contributed by atoms with E-state index in [1.54, 1.807) is 0 Å². The van der Waals surface area contributed by atoms with Crippen molar-refractivity contribution in [3.8, 4) is 0 Å². The van der Waals surface area contributed by atoms with E-state index in [1.165, 1.54) is 10.8 Å². The highest BCUT2D eigenvalue weighted by Gasteiger charge is 2.36. The minimum atomic E-state index is -4.29. The Morgan fingerprint density at radius 2 is 2.08 bits per heavy atom. The molecule has 0 unspecified atom stereocenters. The van der Waals surface area contributed by atoms with E-state index in [2.05, 4.69) is 0 Å². The molecule has 1 heterocycles. The number of nitrogens with zero attached hydrogens (tertiary/aromatic N) is 2. The second kappa shape index (κ2) is 3.16. The van der Waals surface area contributed by atoms with E-state index in [1.807, 2.05) is 6.92 Å². The molecule has 5 heteroatoms. The lowest BCUT2D eigenvalue weighted by Crippen LogP contribution is -2.31. The minimum absolute atomic E-state index is 0.239. The van der Waals surface area contributed by atoms with Gasteiger partial charge in [0.1, 0.15) is 12.4 Å². The lowest BCUT2D eigenvalue weighted by Gasteiger charge is -1.97. The van der Waals surface area contributed by atoms with Gasteiger partial charge >= 0.3 is 6.30 Å². The normalized spacial score (nSPS) is 12.0. The topological polar surface area (TPSA) is 8.81 Å². The molecule has 0 spiro atoms. The Bertz CT molecular complexity index is 251. The largest absolute Gasteiger partial charge is 0.567 e. The highest BCUT2D eigenvalue weighted by Crippen LogP contribution is 2.20. The number of halogens is 3. The molecule has 12 heavy (non-hydrogen) atoms. The molecule has 2 nitrogen and oxygen atoms in total. The SMILES string of the molecule is CCC[n+]1ccn(C(F)(F)F)c1. The van der Waals surface area contributed by atoms with E-state index >= 15 is 0 Å². The first-order chi connectivity index (χ1) is 5.54. The summed E-state index contributed by atoms with van der Waals surface area (Å²) < 4.78 is 37.7. The van der Waals surface area contributed by atoms with Crippen molar-refractivity contribution in [2.24, 2.45) is 0 Å². The third-order valence-corrected chi connectivity index (χ3v) is 1.47. The van der Waals surface area contributed by atoms with Crippen LogP contribution in [0.2, 0.25) is 0 Å². The van der Waals surface area contributed by atoms with Gasteiger partial charge < -0.3 is 0 Å². The van der Waals surface area contributed by atoms with Crippen LogP contribution in [0.4, 0.5) is 13.2 Å². The van der Waals surface area contributed by atoms with Gasteiger partial charge in [0.2, 0.25) is 0 Å². The van der Waals surface area contributed by atoms with E-state index in [9.17, 15) is 13.2 Å². The van der Waals surface area contributed by atoms with Crippen molar-refractivity contribution < 1.29 is 17.7 Å². The van der Waals surface area contributed by atoms with Crippen LogP contribution in [0, 0.1) is 0 Å². The van der Waals surface area contributed by atoms with Crippen molar-refractivity contribution in [1.82, 2.24) is 4.57 Å². The minimum Gasteiger partial charge on any atom is -0.237 e. The zero-order valence-corrected chi connectivity index (χ0v) is 6.67. The van der Waals surface area contributed by atoms with Crippen LogP contribution in [0.25, 0.3) is 0 Å². The van der Waals surface area contributed by atoms with Crippen molar-refractivity contribution in [2.75, 3.05) is 0 Å². The summed E-state index contributed by atoms with van der Waals surface area (Å²) in [6.07, 6.45) is 0.00167. The highest BCUT2D eigenvalue weighted by atomic mass is 19.4. The summed E-state index contributed by atoms with van der Waals surface area (Å²) in [5.74, 6) is 0. The molecule has 0 fully saturated rings. The summed E-state index contributed by atoms with van der Waals surface area (Å²) in [4.78, 5) is 0. The molecule has 0 radical (unpaired) electrons. The molecule has 0 aliphatic heterocycles. The maximum Gasteiger partial charge on any atom is 0.567 e. The summed E-state index contributed by atoms with van der Waals surface area (Å²) >= 11 is 0. The average Bonchev–Trinajstić information content (AvgIpc) is 2.35. The molecule has 1 aromatic rings. The van der Waals surface area contributed by atoms with E-state index < -0.39 is 6.30 Å². The number of alkyl halides is 3. The molecule has 1 aromatic heterocycles. The van der Waals surface area contributed by atoms with Crippen LogP contribution in [0.1, 0.15) is 13.3 Å². The first-order valence-electron chi connectivity index (χ1n) is 3.68. The van der Waals surface area contributed by atoms with E-state index in [-0.39, 0.29) is 4.57 Å². The van der Waals surface area contributed by atoms with Crippen LogP contribution < -0.4 is 4.57 Å². The summed E-state index contributed by atoms with van der Waals surface area (Å²) in [6.45, 7) is 2.53. The molecule has 0 aromatic carbocycles. The van der Waals surface area contributed by atoms with Gasteiger partial charge in [0.05, 0.1) is 6.54 Å². The molecule has 0 amide bonds. The van der Waals surface area contributed by atoms with Crippen LogP contribution in [0.3, 0.4) is 0 Å². The fourth-order valence-electron chi connectivity index (χ4n) is 0.935. The second-order valence-corrected chi connectivity index (χ2v) is 2.53. The van der Waals surface area contributed by atoms with Crippen molar-refractivity contribution in [3.63, 3.8) is 0 Å². The number of imidazole rings is 1. The van der Waals surface area contributed by atoms with Gasteiger partial charge in [-0.1, -0.05) is 6.92 Å². The number of aryl methyl sites for hydroxylation is 1. The fourth-order valence-corrected chi connectivity index (χ4v) is 0.935. The average molecular weight is 179 g/mol. The number of hydrogen-bond acceptors (Lipinski definition) is 0. The number of rotatable bonds is 2. The molecule has 0 N–H and O–H groups in total. The quantitative estimate of drug-likeness (QED) is 0.610. The molecule has 0 aliphatic carbocycles. The number of hydrogen-bond donors (Lipinski definition) is 0. The molecule has 0 atom stereocenters. The van der Waals surface area contributed by atoms with Gasteiger partial charge in [0, 0.05) is 0 Å². The number of aromatic nitrogens is 2. The van der Waals surface area contributed by atoms with Gasteiger partial charge in [0.15, 0.2) is 0 Å². The maximum absolute atomic E-state index is 12.0. The zero-order valence-electron chi connectivity index (χ0n) is 6.67. The Hall–Kier alpha value is -1.00. The zero-order chi connectivity index (χ0) is 9.19. The van der Waals surface area contributed by atoms with Crippen LogP contribution in [0.5, 0.6) is 0 Å². The molecular formula is C7H10F3N2+. The van der Waals surface area contributed by atoms with E-state index in [0.29, 0.717) is 6.54 Å². The van der Waals surface area contributed by atoms with Crippen LogP contribution in [0.15, 0.2) is 18.7 Å².